The molecule has 0 fully saturated rings. The van der Waals surface area contributed by atoms with Crippen LogP contribution in [0.3, 0.4) is 0 Å². The van der Waals surface area contributed by atoms with Gasteiger partial charge in [-0.25, -0.2) is 4.79 Å². The zero-order valence-corrected chi connectivity index (χ0v) is 17.5. The number of hydrogen-bond donors (Lipinski definition) is 2. The highest BCUT2D eigenvalue weighted by Crippen LogP contribution is 2.17. The van der Waals surface area contributed by atoms with Gasteiger partial charge in [-0.15, -0.1) is 0 Å². The van der Waals surface area contributed by atoms with Crippen molar-refractivity contribution >= 4 is 23.3 Å². The van der Waals surface area contributed by atoms with E-state index in [0.29, 0.717) is 5.69 Å². The van der Waals surface area contributed by atoms with E-state index in [0.717, 1.165) is 12.0 Å². The number of nitro benzene ring substituents is 1. The zero-order chi connectivity index (χ0) is 22.1. The molecular weight excluding hydrogens is 384 g/mol. The average Bonchev–Trinajstić information content (AvgIpc) is 2.74. The lowest BCUT2D eigenvalue weighted by Crippen LogP contribution is -2.43. The van der Waals surface area contributed by atoms with E-state index < -0.39 is 4.92 Å². The third kappa shape index (κ3) is 6.58. The molecule has 30 heavy (non-hydrogen) atoms. The molecule has 2 aromatic carbocycles. The smallest absolute Gasteiger partial charge is 0.322 e. The monoisotopic (exact) mass is 412 g/mol. The Morgan fingerprint density at radius 2 is 1.70 bits per heavy atom. The van der Waals surface area contributed by atoms with Gasteiger partial charge >= 0.3 is 6.03 Å². The molecule has 0 aliphatic carbocycles. The summed E-state index contributed by atoms with van der Waals surface area (Å²) in [5.74, 6) is -0.136. The van der Waals surface area contributed by atoms with Gasteiger partial charge in [0.25, 0.3) is 5.69 Å². The van der Waals surface area contributed by atoms with Crippen molar-refractivity contribution in [2.45, 2.75) is 45.7 Å². The molecule has 0 bridgehead atoms. The predicted octanol–water partition coefficient (Wildman–Crippen LogP) is 4.49. The van der Waals surface area contributed by atoms with Gasteiger partial charge in [0.05, 0.1) is 11.0 Å². The second-order valence-electron chi connectivity index (χ2n) is 7.13. The molecule has 0 saturated heterocycles. The first-order valence-corrected chi connectivity index (χ1v) is 9.98. The summed E-state index contributed by atoms with van der Waals surface area (Å²) in [6, 6.07) is 14.8. The van der Waals surface area contributed by atoms with E-state index in [2.05, 4.69) is 10.6 Å². The van der Waals surface area contributed by atoms with E-state index in [-0.39, 0.29) is 42.7 Å². The minimum atomic E-state index is -0.494. The normalized spacial score (nSPS) is 12.5. The van der Waals surface area contributed by atoms with E-state index in [1.165, 1.54) is 24.3 Å². The molecule has 0 aliphatic heterocycles. The van der Waals surface area contributed by atoms with Crippen LogP contribution in [-0.2, 0) is 4.79 Å². The summed E-state index contributed by atoms with van der Waals surface area (Å²) in [5, 5.41) is 16.5. The van der Waals surface area contributed by atoms with Crippen molar-refractivity contribution in [1.29, 1.82) is 0 Å². The topological polar surface area (TPSA) is 105 Å². The molecule has 2 aromatic rings. The number of carbonyl (C=O) groups is 2. The van der Waals surface area contributed by atoms with Gasteiger partial charge in [-0.05, 0) is 38.0 Å². The number of carbonyl (C=O) groups excluding carboxylic acids is 2. The van der Waals surface area contributed by atoms with Crippen molar-refractivity contribution < 1.29 is 14.5 Å². The summed E-state index contributed by atoms with van der Waals surface area (Å²) in [5.41, 5.74) is 1.43. The number of benzene rings is 2. The van der Waals surface area contributed by atoms with Gasteiger partial charge in [-0.1, -0.05) is 37.3 Å². The van der Waals surface area contributed by atoms with E-state index in [4.69, 9.17) is 0 Å². The molecule has 8 heteroatoms. The standard InChI is InChI=1S/C22H28N4O4/c1-4-16(2)25(22(28)24-19-10-12-20(13-11-19)26(29)30)15-14-21(27)23-17(3)18-8-6-5-7-9-18/h5-13,16-17H,4,14-15H2,1-3H3,(H,23,27)(H,24,28)/t16-,17-/m0/s1. The van der Waals surface area contributed by atoms with Crippen LogP contribution in [0.25, 0.3) is 0 Å². The summed E-state index contributed by atoms with van der Waals surface area (Å²) >= 11 is 0. The number of nitro groups is 1. The Morgan fingerprint density at radius 1 is 1.07 bits per heavy atom. The van der Waals surface area contributed by atoms with Gasteiger partial charge < -0.3 is 15.5 Å². The van der Waals surface area contributed by atoms with Crippen molar-refractivity contribution in [1.82, 2.24) is 10.2 Å². The zero-order valence-electron chi connectivity index (χ0n) is 17.5. The van der Waals surface area contributed by atoms with E-state index in [1.54, 1.807) is 4.90 Å². The van der Waals surface area contributed by atoms with Crippen LogP contribution in [0.15, 0.2) is 54.6 Å². The van der Waals surface area contributed by atoms with Crippen LogP contribution in [-0.4, -0.2) is 34.3 Å². The lowest BCUT2D eigenvalue weighted by atomic mass is 10.1. The number of rotatable bonds is 9. The van der Waals surface area contributed by atoms with Gasteiger partial charge in [0.15, 0.2) is 0 Å². The largest absolute Gasteiger partial charge is 0.350 e. The number of hydrogen-bond acceptors (Lipinski definition) is 4. The Labute approximate surface area is 176 Å². The molecule has 0 unspecified atom stereocenters. The van der Waals surface area contributed by atoms with E-state index in [9.17, 15) is 19.7 Å². The molecule has 0 spiro atoms. The van der Waals surface area contributed by atoms with Crippen LogP contribution in [0, 0.1) is 10.1 Å². The van der Waals surface area contributed by atoms with Gasteiger partial charge in [0, 0.05) is 36.8 Å². The Hall–Kier alpha value is -3.42. The van der Waals surface area contributed by atoms with Crippen LogP contribution in [0.1, 0.15) is 45.2 Å². The Balaban J connectivity index is 1.95. The summed E-state index contributed by atoms with van der Waals surface area (Å²) in [7, 11) is 0. The lowest BCUT2D eigenvalue weighted by molar-refractivity contribution is -0.384. The molecule has 3 amide bonds. The summed E-state index contributed by atoms with van der Waals surface area (Å²) in [6.07, 6.45) is 0.908. The van der Waals surface area contributed by atoms with Crippen molar-refractivity contribution in [3.05, 3.63) is 70.3 Å². The van der Waals surface area contributed by atoms with Crippen LogP contribution >= 0.6 is 0 Å². The fourth-order valence-corrected chi connectivity index (χ4v) is 2.96. The van der Waals surface area contributed by atoms with Gasteiger partial charge in [0.1, 0.15) is 0 Å². The predicted molar refractivity (Wildman–Crippen MR) is 116 cm³/mol. The number of nitrogens with one attached hydrogen (secondary N) is 2. The number of anilines is 1. The highest BCUT2D eigenvalue weighted by atomic mass is 16.6. The van der Waals surface area contributed by atoms with Crippen LogP contribution < -0.4 is 10.6 Å². The second kappa shape index (κ2) is 10.9. The molecule has 2 N–H and O–H groups in total. The first kappa shape index (κ1) is 22.9. The molecule has 0 saturated carbocycles. The van der Waals surface area contributed by atoms with Crippen molar-refractivity contribution in [2.24, 2.45) is 0 Å². The summed E-state index contributed by atoms with van der Waals surface area (Å²) in [6.45, 7) is 6.07. The van der Waals surface area contributed by atoms with Gasteiger partial charge in [-0.2, -0.15) is 0 Å². The van der Waals surface area contributed by atoms with Crippen molar-refractivity contribution in [2.75, 3.05) is 11.9 Å². The Kier molecular flexibility index (Phi) is 8.34. The maximum Gasteiger partial charge on any atom is 0.322 e. The highest BCUT2D eigenvalue weighted by molar-refractivity contribution is 5.90. The van der Waals surface area contributed by atoms with Crippen molar-refractivity contribution in [3.63, 3.8) is 0 Å². The molecule has 160 valence electrons. The maximum absolute atomic E-state index is 12.7. The molecule has 2 atom stereocenters. The van der Waals surface area contributed by atoms with E-state index >= 15 is 0 Å². The molecule has 0 aromatic heterocycles. The van der Waals surface area contributed by atoms with Crippen LogP contribution in [0.2, 0.25) is 0 Å². The quantitative estimate of drug-likeness (QED) is 0.467. The van der Waals surface area contributed by atoms with Gasteiger partial charge in [-0.3, -0.25) is 14.9 Å². The molecule has 0 radical (unpaired) electrons. The maximum atomic E-state index is 12.7. The molecule has 8 nitrogen and oxygen atoms in total. The first-order chi connectivity index (χ1) is 14.3. The molecule has 2 rings (SSSR count). The fraction of sp³-hybridized carbons (Fsp3) is 0.364. The number of urea groups is 1. The lowest BCUT2D eigenvalue weighted by Gasteiger charge is -2.29. The van der Waals surface area contributed by atoms with E-state index in [1.807, 2.05) is 51.1 Å². The minimum absolute atomic E-state index is 0.0454. The first-order valence-electron chi connectivity index (χ1n) is 9.98. The molecule has 0 heterocycles. The number of nitrogens with zero attached hydrogens (tertiary/aromatic N) is 2. The van der Waals surface area contributed by atoms with Gasteiger partial charge in [0.2, 0.25) is 5.91 Å². The summed E-state index contributed by atoms with van der Waals surface area (Å²) < 4.78 is 0. The average molecular weight is 412 g/mol. The fourth-order valence-electron chi connectivity index (χ4n) is 2.96. The minimum Gasteiger partial charge on any atom is -0.350 e. The van der Waals surface area contributed by atoms with Crippen LogP contribution in [0.4, 0.5) is 16.2 Å². The second-order valence-corrected chi connectivity index (χ2v) is 7.13. The number of non-ortho nitro benzene ring substituents is 1. The van der Waals surface area contributed by atoms with Crippen LogP contribution in [0.5, 0.6) is 0 Å². The molecular formula is C22H28N4O4. The highest BCUT2D eigenvalue weighted by Gasteiger charge is 2.21. The third-order valence-electron chi connectivity index (χ3n) is 4.97. The Morgan fingerprint density at radius 3 is 2.27 bits per heavy atom. The van der Waals surface area contributed by atoms with Crippen molar-refractivity contribution in [3.8, 4) is 0 Å². The number of amides is 3. The third-order valence-corrected chi connectivity index (χ3v) is 4.97. The molecule has 0 aliphatic rings. The summed E-state index contributed by atoms with van der Waals surface area (Å²) in [4.78, 5) is 37.0. The Bertz CT molecular complexity index is 855. The SMILES string of the molecule is CC[C@H](C)N(CCC(=O)N[C@@H](C)c1ccccc1)C(=O)Nc1ccc([N+](=O)[O-])cc1.